The van der Waals surface area contributed by atoms with Gasteiger partial charge in [0.2, 0.25) is 0 Å². The second-order valence-electron chi connectivity index (χ2n) is 3.90. The topological polar surface area (TPSA) is 34.9 Å². The number of carbonyl (C=O) groups excluding carboxylic acids is 1. The van der Waals surface area contributed by atoms with Crippen molar-refractivity contribution in [3.8, 4) is 0 Å². The highest BCUT2D eigenvalue weighted by Gasteiger charge is 2.08. The van der Waals surface area contributed by atoms with Gasteiger partial charge in [-0.3, -0.25) is 4.79 Å². The third-order valence-corrected chi connectivity index (χ3v) is 3.54. The Morgan fingerprint density at radius 2 is 2.00 bits per heavy atom. The molecule has 96 valence electrons. The molecule has 0 N–H and O–H groups in total. The monoisotopic (exact) mass is 325 g/mol. The molecule has 3 nitrogen and oxygen atoms in total. The molecule has 0 bridgehead atoms. The van der Waals surface area contributed by atoms with Gasteiger partial charge in [-0.25, -0.2) is 4.98 Å². The maximum atomic E-state index is 11.9. The largest absolute Gasteiger partial charge is 1.00 e. The predicted molar refractivity (Wildman–Crippen MR) is 69.4 cm³/mol. The summed E-state index contributed by atoms with van der Waals surface area (Å²) < 4.78 is 1.91. The van der Waals surface area contributed by atoms with Crippen molar-refractivity contribution < 1.29 is 21.8 Å². The van der Waals surface area contributed by atoms with Crippen molar-refractivity contribution >= 4 is 17.5 Å². The normalized spacial score (nSPS) is 9.89. The number of Topliss-reactive ketones (excluding diaryl/α,β-unsaturated/α-hetero) is 1. The minimum absolute atomic E-state index is 0. The first-order valence-electron chi connectivity index (χ1n) is 5.37. The average molecular weight is 326 g/mol. The van der Waals surface area contributed by atoms with E-state index in [2.05, 4.69) is 4.98 Å². The van der Waals surface area contributed by atoms with Gasteiger partial charge in [0.15, 0.2) is 10.9 Å². The summed E-state index contributed by atoms with van der Waals surface area (Å²) in [6, 6.07) is 7.66. The quantitative estimate of drug-likeness (QED) is 0.572. The van der Waals surface area contributed by atoms with Crippen LogP contribution in [-0.4, -0.2) is 21.1 Å². The van der Waals surface area contributed by atoms with Gasteiger partial charge >= 0.3 is 0 Å². The van der Waals surface area contributed by atoms with Gasteiger partial charge in [0.1, 0.15) is 0 Å². The third-order valence-electron chi connectivity index (χ3n) is 2.48. The number of hydrogen-bond acceptors (Lipinski definition) is 3. The van der Waals surface area contributed by atoms with Crippen molar-refractivity contribution in [3.05, 3.63) is 47.8 Å². The zero-order chi connectivity index (χ0) is 12.3. The first kappa shape index (κ1) is 15.0. The van der Waals surface area contributed by atoms with Crippen molar-refractivity contribution in [2.45, 2.75) is 12.1 Å². The summed E-state index contributed by atoms with van der Waals surface area (Å²) >= 11 is 1.46. The van der Waals surface area contributed by atoms with E-state index < -0.39 is 0 Å². The lowest BCUT2D eigenvalue weighted by Crippen LogP contribution is -3.00. The number of thioether (sulfide) groups is 1. The predicted octanol–water partition coefficient (Wildman–Crippen LogP) is -0.292. The summed E-state index contributed by atoms with van der Waals surface area (Å²) in [5.41, 5.74) is 1.93. The van der Waals surface area contributed by atoms with Crippen molar-refractivity contribution in [3.63, 3.8) is 0 Å². The van der Waals surface area contributed by atoms with Gasteiger partial charge in [-0.1, -0.05) is 41.6 Å². The van der Waals surface area contributed by atoms with Crippen LogP contribution in [0.4, 0.5) is 0 Å². The van der Waals surface area contributed by atoms with Crippen LogP contribution in [0.15, 0.2) is 41.8 Å². The van der Waals surface area contributed by atoms with Gasteiger partial charge in [-0.05, 0) is 6.92 Å². The van der Waals surface area contributed by atoms with Crippen LogP contribution in [-0.2, 0) is 7.05 Å². The fraction of sp³-hybridized carbons (Fsp3) is 0.231. The van der Waals surface area contributed by atoms with Crippen molar-refractivity contribution in [1.82, 2.24) is 9.55 Å². The fourth-order valence-electron chi connectivity index (χ4n) is 1.44. The molecule has 18 heavy (non-hydrogen) atoms. The molecule has 1 heterocycles. The Morgan fingerprint density at radius 3 is 2.56 bits per heavy atom. The molecule has 0 fully saturated rings. The van der Waals surface area contributed by atoms with Gasteiger partial charge in [0.05, 0.1) is 5.75 Å². The first-order chi connectivity index (χ1) is 8.16. The summed E-state index contributed by atoms with van der Waals surface area (Å²) in [4.78, 5) is 16.1. The van der Waals surface area contributed by atoms with Crippen LogP contribution in [0.5, 0.6) is 0 Å². The number of benzene rings is 1. The number of imidazole rings is 1. The second kappa shape index (κ2) is 6.75. The molecule has 2 rings (SSSR count). The molecule has 0 radical (unpaired) electrons. The Morgan fingerprint density at radius 1 is 1.33 bits per heavy atom. The minimum atomic E-state index is 0. The SMILES string of the molecule is Cc1ccc(C(=O)CSc2nccn2C)cc1.[Br-]. The maximum absolute atomic E-state index is 11.9. The number of aromatic nitrogens is 2. The Kier molecular flexibility index (Phi) is 5.62. The molecule has 0 spiro atoms. The molecule has 0 unspecified atom stereocenters. The third kappa shape index (κ3) is 3.71. The Labute approximate surface area is 121 Å². The molecule has 0 amide bonds. The van der Waals surface area contributed by atoms with Crippen molar-refractivity contribution in [2.24, 2.45) is 7.05 Å². The minimum Gasteiger partial charge on any atom is -1.00 e. The second-order valence-corrected chi connectivity index (χ2v) is 4.84. The van der Waals surface area contributed by atoms with Gasteiger partial charge in [0, 0.05) is 25.0 Å². The number of carbonyl (C=O) groups is 1. The van der Waals surface area contributed by atoms with E-state index in [4.69, 9.17) is 0 Å². The molecular formula is C13H14BrN2OS-. The van der Waals surface area contributed by atoms with E-state index in [1.807, 2.05) is 49.0 Å². The average Bonchev–Trinajstić information content (AvgIpc) is 2.73. The van der Waals surface area contributed by atoms with Gasteiger partial charge in [-0.15, -0.1) is 0 Å². The zero-order valence-corrected chi connectivity index (χ0v) is 12.7. The molecule has 1 aromatic heterocycles. The summed E-state index contributed by atoms with van der Waals surface area (Å²) in [5.74, 6) is 0.562. The maximum Gasteiger partial charge on any atom is 0.173 e. The van der Waals surface area contributed by atoms with Crippen LogP contribution in [0.1, 0.15) is 15.9 Å². The highest BCUT2D eigenvalue weighted by Crippen LogP contribution is 2.16. The Balaban J connectivity index is 0.00000162. The fourth-order valence-corrected chi connectivity index (χ4v) is 2.27. The lowest BCUT2D eigenvalue weighted by Gasteiger charge is -2.02. The molecule has 5 heteroatoms. The molecule has 0 atom stereocenters. The van der Waals surface area contributed by atoms with E-state index in [0.717, 1.165) is 10.7 Å². The van der Waals surface area contributed by atoms with Crippen LogP contribution in [0.25, 0.3) is 0 Å². The number of hydrogen-bond donors (Lipinski definition) is 0. The van der Waals surface area contributed by atoms with Crippen LogP contribution in [0, 0.1) is 6.92 Å². The zero-order valence-electron chi connectivity index (χ0n) is 10.3. The summed E-state index contributed by atoms with van der Waals surface area (Å²) in [7, 11) is 1.92. The van der Waals surface area contributed by atoms with Crippen molar-refractivity contribution in [2.75, 3.05) is 5.75 Å². The molecule has 1 aromatic carbocycles. The highest BCUT2D eigenvalue weighted by atomic mass is 79.9. The van der Waals surface area contributed by atoms with E-state index in [0.29, 0.717) is 5.75 Å². The molecule has 0 aliphatic heterocycles. The molecule has 0 aliphatic carbocycles. The van der Waals surface area contributed by atoms with Crippen molar-refractivity contribution in [1.29, 1.82) is 0 Å². The van der Waals surface area contributed by atoms with E-state index in [1.165, 1.54) is 17.3 Å². The standard InChI is InChI=1S/C13H14N2OS.BrH/c1-10-3-5-11(6-4-10)12(16)9-17-13-14-7-8-15(13)2;/h3-8H,9H2,1-2H3;1H/p-1. The van der Waals surface area contributed by atoms with Gasteiger partial charge < -0.3 is 21.5 Å². The highest BCUT2D eigenvalue weighted by molar-refractivity contribution is 7.99. The Bertz CT molecular complexity index is 522. The number of ketones is 1. The summed E-state index contributed by atoms with van der Waals surface area (Å²) in [5, 5.41) is 0.866. The van der Waals surface area contributed by atoms with Gasteiger partial charge in [0.25, 0.3) is 0 Å². The van der Waals surface area contributed by atoms with Crippen LogP contribution in [0.2, 0.25) is 0 Å². The summed E-state index contributed by atoms with van der Waals surface area (Å²) in [6.07, 6.45) is 3.61. The van der Waals surface area contributed by atoms with E-state index in [9.17, 15) is 4.79 Å². The number of rotatable bonds is 4. The Hall–Kier alpha value is -1.07. The van der Waals surface area contributed by atoms with E-state index in [1.54, 1.807) is 6.20 Å². The number of aryl methyl sites for hydroxylation is 2. The molecule has 0 aliphatic rings. The molecule has 0 saturated heterocycles. The smallest absolute Gasteiger partial charge is 0.173 e. The van der Waals surface area contributed by atoms with Gasteiger partial charge in [-0.2, -0.15) is 0 Å². The molecule has 2 aromatic rings. The van der Waals surface area contributed by atoms with Crippen LogP contribution < -0.4 is 17.0 Å². The molecule has 0 saturated carbocycles. The summed E-state index contributed by atoms with van der Waals surface area (Å²) in [6.45, 7) is 2.01. The molecular weight excluding hydrogens is 312 g/mol. The van der Waals surface area contributed by atoms with E-state index >= 15 is 0 Å². The lowest BCUT2D eigenvalue weighted by molar-refractivity contribution is -0.0000114. The first-order valence-corrected chi connectivity index (χ1v) is 6.35. The van der Waals surface area contributed by atoms with E-state index in [-0.39, 0.29) is 22.8 Å². The van der Waals surface area contributed by atoms with Crippen LogP contribution >= 0.6 is 11.8 Å². The van der Waals surface area contributed by atoms with Crippen LogP contribution in [0.3, 0.4) is 0 Å². The lowest BCUT2D eigenvalue weighted by atomic mass is 10.1. The number of halogens is 1. The number of nitrogens with zero attached hydrogens (tertiary/aromatic N) is 2.